The lowest BCUT2D eigenvalue weighted by atomic mass is 10.0. The molecule has 2 heterocycles. The summed E-state index contributed by atoms with van der Waals surface area (Å²) in [5.41, 5.74) is 0.798. The van der Waals surface area contributed by atoms with Crippen LogP contribution in [-0.2, 0) is 9.53 Å². The molecule has 7 nitrogen and oxygen atoms in total. The Bertz CT molecular complexity index is 594. The zero-order valence-electron chi connectivity index (χ0n) is 12.0. The van der Waals surface area contributed by atoms with Gasteiger partial charge in [0.15, 0.2) is 0 Å². The molecule has 1 aliphatic heterocycles. The first kappa shape index (κ1) is 15.5. The summed E-state index contributed by atoms with van der Waals surface area (Å²) in [5, 5.41) is 15.3. The van der Waals surface area contributed by atoms with Gasteiger partial charge < -0.3 is 20.5 Å². The van der Waals surface area contributed by atoms with Crippen molar-refractivity contribution in [2.24, 2.45) is 0 Å². The summed E-state index contributed by atoms with van der Waals surface area (Å²) in [6, 6.07) is -1.01. The second kappa shape index (κ2) is 6.23. The molecule has 0 radical (unpaired) electrons. The Balaban J connectivity index is 2.39. The van der Waals surface area contributed by atoms with Crippen LogP contribution in [0.25, 0.3) is 0 Å². The summed E-state index contributed by atoms with van der Waals surface area (Å²) >= 11 is 1.25. The topological polar surface area (TPSA) is 101 Å². The van der Waals surface area contributed by atoms with E-state index in [2.05, 4.69) is 15.6 Å². The molecule has 2 unspecified atom stereocenters. The van der Waals surface area contributed by atoms with Crippen LogP contribution in [0.4, 0.5) is 4.79 Å². The first-order valence-corrected chi connectivity index (χ1v) is 7.34. The molecular formula is C13H17N3O4S. The molecule has 1 aromatic heterocycles. The number of ether oxygens (including phenoxy) is 1. The number of aliphatic hydroxyl groups excluding tert-OH is 1. The molecule has 0 fully saturated rings. The highest BCUT2D eigenvalue weighted by molar-refractivity contribution is 7.11. The van der Waals surface area contributed by atoms with E-state index in [1.807, 2.05) is 0 Å². The highest BCUT2D eigenvalue weighted by atomic mass is 32.1. The SMILES string of the molecule is CCOC(=O)C1=C(C)NC(=O)NC1c1cnc(C(C)O)s1. The van der Waals surface area contributed by atoms with Gasteiger partial charge in [0.05, 0.1) is 17.1 Å². The minimum atomic E-state index is -0.697. The number of nitrogens with one attached hydrogen (secondary N) is 2. The molecule has 0 saturated heterocycles. The van der Waals surface area contributed by atoms with Crippen molar-refractivity contribution in [1.82, 2.24) is 15.6 Å². The van der Waals surface area contributed by atoms with Crippen molar-refractivity contribution in [1.29, 1.82) is 0 Å². The molecule has 8 heteroatoms. The number of esters is 1. The van der Waals surface area contributed by atoms with Crippen molar-refractivity contribution in [3.8, 4) is 0 Å². The molecule has 3 N–H and O–H groups in total. The lowest BCUT2D eigenvalue weighted by molar-refractivity contribution is -0.139. The smallest absolute Gasteiger partial charge is 0.338 e. The summed E-state index contributed by atoms with van der Waals surface area (Å²) in [6.45, 7) is 5.22. The Morgan fingerprint density at radius 1 is 1.62 bits per heavy atom. The maximum atomic E-state index is 12.1. The highest BCUT2D eigenvalue weighted by Gasteiger charge is 2.33. The van der Waals surface area contributed by atoms with Gasteiger partial charge in [0, 0.05) is 11.9 Å². The number of nitrogens with zero attached hydrogens (tertiary/aromatic N) is 1. The summed E-state index contributed by atoms with van der Waals surface area (Å²) in [6.07, 6.45) is 0.854. The van der Waals surface area contributed by atoms with E-state index in [1.165, 1.54) is 11.3 Å². The Morgan fingerprint density at radius 3 is 2.90 bits per heavy atom. The van der Waals surface area contributed by atoms with Crippen LogP contribution in [0.3, 0.4) is 0 Å². The van der Waals surface area contributed by atoms with Gasteiger partial charge in [0.2, 0.25) is 0 Å². The number of aliphatic hydroxyl groups is 1. The fourth-order valence-corrected chi connectivity index (χ4v) is 2.93. The average molecular weight is 311 g/mol. The highest BCUT2D eigenvalue weighted by Crippen LogP contribution is 2.32. The summed E-state index contributed by atoms with van der Waals surface area (Å²) < 4.78 is 5.04. The van der Waals surface area contributed by atoms with Gasteiger partial charge in [0.1, 0.15) is 17.2 Å². The lowest BCUT2D eigenvalue weighted by Crippen LogP contribution is -2.45. The van der Waals surface area contributed by atoms with Crippen molar-refractivity contribution < 1.29 is 19.4 Å². The van der Waals surface area contributed by atoms with E-state index < -0.39 is 24.1 Å². The zero-order valence-corrected chi connectivity index (χ0v) is 12.8. The number of amides is 2. The predicted octanol–water partition coefficient (Wildman–Crippen LogP) is 1.39. The minimum absolute atomic E-state index is 0.248. The Kier molecular flexibility index (Phi) is 4.59. The van der Waals surface area contributed by atoms with Gasteiger partial charge >= 0.3 is 12.0 Å². The molecule has 1 aromatic rings. The molecule has 21 heavy (non-hydrogen) atoms. The monoisotopic (exact) mass is 311 g/mol. The third kappa shape index (κ3) is 3.22. The van der Waals surface area contributed by atoms with Crippen LogP contribution < -0.4 is 10.6 Å². The van der Waals surface area contributed by atoms with E-state index in [0.29, 0.717) is 21.2 Å². The number of rotatable bonds is 4. The van der Waals surface area contributed by atoms with Crippen LogP contribution in [0, 0.1) is 0 Å². The maximum Gasteiger partial charge on any atom is 0.338 e. The van der Waals surface area contributed by atoms with Gasteiger partial charge in [-0.05, 0) is 20.8 Å². The second-order valence-corrected chi connectivity index (χ2v) is 5.66. The normalized spacial score (nSPS) is 19.8. The van der Waals surface area contributed by atoms with Crippen molar-refractivity contribution in [2.75, 3.05) is 6.61 Å². The molecular weight excluding hydrogens is 294 g/mol. The van der Waals surface area contributed by atoms with Crippen LogP contribution in [0.2, 0.25) is 0 Å². The van der Waals surface area contributed by atoms with E-state index in [9.17, 15) is 14.7 Å². The Labute approximate surface area is 126 Å². The molecule has 0 bridgehead atoms. The van der Waals surface area contributed by atoms with Crippen molar-refractivity contribution in [2.45, 2.75) is 32.9 Å². The molecule has 0 spiro atoms. The lowest BCUT2D eigenvalue weighted by Gasteiger charge is -2.26. The van der Waals surface area contributed by atoms with Crippen molar-refractivity contribution in [3.05, 3.63) is 27.4 Å². The minimum Gasteiger partial charge on any atom is -0.463 e. The second-order valence-electron chi connectivity index (χ2n) is 4.57. The zero-order chi connectivity index (χ0) is 15.6. The van der Waals surface area contributed by atoms with Crippen molar-refractivity contribution in [3.63, 3.8) is 0 Å². The average Bonchev–Trinajstić information content (AvgIpc) is 2.87. The van der Waals surface area contributed by atoms with E-state index in [4.69, 9.17) is 4.74 Å². The van der Waals surface area contributed by atoms with Crippen LogP contribution >= 0.6 is 11.3 Å². The third-order valence-corrected chi connectivity index (χ3v) is 4.18. The van der Waals surface area contributed by atoms with Gasteiger partial charge in [-0.3, -0.25) is 0 Å². The summed E-state index contributed by atoms with van der Waals surface area (Å²) in [5.74, 6) is -0.487. The van der Waals surface area contributed by atoms with Crippen LogP contribution in [0.5, 0.6) is 0 Å². The molecule has 2 atom stereocenters. The molecule has 2 amide bonds. The molecule has 1 aliphatic rings. The predicted molar refractivity (Wildman–Crippen MR) is 76.5 cm³/mol. The fraction of sp³-hybridized carbons (Fsp3) is 0.462. The van der Waals surface area contributed by atoms with Crippen LogP contribution in [0.15, 0.2) is 17.5 Å². The largest absolute Gasteiger partial charge is 0.463 e. The Morgan fingerprint density at radius 2 is 2.33 bits per heavy atom. The van der Waals surface area contributed by atoms with Gasteiger partial charge in [-0.15, -0.1) is 11.3 Å². The van der Waals surface area contributed by atoms with E-state index in [-0.39, 0.29) is 6.61 Å². The first-order chi connectivity index (χ1) is 9.93. The quantitative estimate of drug-likeness (QED) is 0.730. The van der Waals surface area contributed by atoms with Crippen LogP contribution in [0.1, 0.15) is 42.8 Å². The number of aromatic nitrogens is 1. The van der Waals surface area contributed by atoms with Crippen molar-refractivity contribution >= 4 is 23.3 Å². The number of carbonyl (C=O) groups is 2. The van der Waals surface area contributed by atoms with E-state index >= 15 is 0 Å². The number of thiazole rings is 1. The first-order valence-electron chi connectivity index (χ1n) is 6.53. The summed E-state index contributed by atoms with van der Waals surface area (Å²) in [4.78, 5) is 28.5. The standard InChI is InChI=1S/C13H17N3O4S/c1-4-20-12(18)9-6(2)15-13(19)16-10(9)8-5-14-11(21-8)7(3)17/h5,7,10,17H,4H2,1-3H3,(H2,15,16,19). The third-order valence-electron chi connectivity index (χ3n) is 2.95. The molecule has 0 aliphatic carbocycles. The molecule has 0 saturated carbocycles. The summed E-state index contributed by atoms with van der Waals surface area (Å²) in [7, 11) is 0. The Hall–Kier alpha value is -1.93. The van der Waals surface area contributed by atoms with Gasteiger partial charge in [0.25, 0.3) is 0 Å². The van der Waals surface area contributed by atoms with Gasteiger partial charge in [-0.25, -0.2) is 14.6 Å². The molecule has 0 aromatic carbocycles. The maximum absolute atomic E-state index is 12.1. The number of allylic oxidation sites excluding steroid dienone is 1. The van der Waals surface area contributed by atoms with Crippen LogP contribution in [-0.4, -0.2) is 28.7 Å². The number of hydrogen-bond acceptors (Lipinski definition) is 6. The van der Waals surface area contributed by atoms with Gasteiger partial charge in [-0.1, -0.05) is 0 Å². The van der Waals surface area contributed by atoms with E-state index in [0.717, 1.165) is 0 Å². The fourth-order valence-electron chi connectivity index (χ4n) is 2.01. The molecule has 114 valence electrons. The number of urea groups is 1. The molecule has 2 rings (SSSR count). The van der Waals surface area contributed by atoms with E-state index in [1.54, 1.807) is 27.0 Å². The number of carbonyl (C=O) groups excluding carboxylic acids is 2. The van der Waals surface area contributed by atoms with Gasteiger partial charge in [-0.2, -0.15) is 0 Å². The number of hydrogen-bond donors (Lipinski definition) is 3.